The van der Waals surface area contributed by atoms with E-state index in [1.807, 2.05) is 25.7 Å². The topological polar surface area (TPSA) is 101 Å². The van der Waals surface area contributed by atoms with E-state index < -0.39 is 17.8 Å². The number of aliphatic hydroxyl groups is 2. The van der Waals surface area contributed by atoms with Gasteiger partial charge in [-0.05, 0) is 112 Å². The third-order valence-electron chi connectivity index (χ3n) is 16.6. The Morgan fingerprint density at radius 1 is 1.00 bits per heavy atom. The number of hydrogen-bond acceptors (Lipinski definition) is 8. The summed E-state index contributed by atoms with van der Waals surface area (Å²) in [5.74, 6) is 1.62. The maximum Gasteiger partial charge on any atom is 0.410 e. The molecule has 5 saturated carbocycles. The van der Waals surface area contributed by atoms with Crippen LogP contribution in [-0.2, 0) is 18.9 Å². The molecule has 0 aromatic rings. The van der Waals surface area contributed by atoms with Crippen molar-refractivity contribution >= 4 is 6.09 Å². The van der Waals surface area contributed by atoms with Gasteiger partial charge in [0, 0.05) is 57.3 Å². The van der Waals surface area contributed by atoms with Gasteiger partial charge < -0.3 is 34.1 Å². The average Bonchev–Trinajstić information content (AvgIpc) is 3.68. The Bertz CT molecular complexity index is 1250. The van der Waals surface area contributed by atoms with E-state index in [1.54, 1.807) is 7.11 Å². The van der Waals surface area contributed by atoms with Crippen molar-refractivity contribution in [1.82, 2.24) is 9.80 Å². The first-order valence-corrected chi connectivity index (χ1v) is 19.9. The molecule has 2 N–H and O–H groups in total. The van der Waals surface area contributed by atoms with Gasteiger partial charge in [0.05, 0.1) is 30.5 Å². The van der Waals surface area contributed by atoms with Crippen molar-refractivity contribution in [2.45, 2.75) is 143 Å². The van der Waals surface area contributed by atoms with Gasteiger partial charge in [0.2, 0.25) is 0 Å². The molecule has 9 heteroatoms. The van der Waals surface area contributed by atoms with E-state index in [0.29, 0.717) is 37.5 Å². The summed E-state index contributed by atoms with van der Waals surface area (Å²) in [6.45, 7) is 22.9. The predicted octanol–water partition coefficient (Wildman–Crippen LogP) is 5.75. The second-order valence-electron chi connectivity index (χ2n) is 19.3. The van der Waals surface area contributed by atoms with Crippen LogP contribution >= 0.6 is 0 Å². The number of carbonyl (C=O) groups is 1. The molecule has 5 aliphatic carbocycles. The van der Waals surface area contributed by atoms with Crippen molar-refractivity contribution in [2.24, 2.45) is 50.7 Å². The minimum atomic E-state index is -1.03. The van der Waals surface area contributed by atoms with Crippen molar-refractivity contribution in [3.8, 4) is 0 Å². The molecule has 2 saturated heterocycles. The van der Waals surface area contributed by atoms with Crippen molar-refractivity contribution in [3.05, 3.63) is 0 Å². The van der Waals surface area contributed by atoms with Gasteiger partial charge in [-0.3, -0.25) is 4.90 Å². The lowest BCUT2D eigenvalue weighted by Gasteiger charge is -2.63. The first kappa shape index (κ1) is 36.4. The molecule has 9 nitrogen and oxygen atoms in total. The second-order valence-corrected chi connectivity index (χ2v) is 19.3. The molecule has 2 aliphatic heterocycles. The number of aliphatic hydroxyl groups excluding tert-OH is 1. The van der Waals surface area contributed by atoms with E-state index in [-0.39, 0.29) is 57.4 Å². The van der Waals surface area contributed by atoms with Crippen LogP contribution in [0.4, 0.5) is 4.79 Å². The molecular formula is C40H68N2O7. The molecule has 7 fully saturated rings. The van der Waals surface area contributed by atoms with Crippen molar-refractivity contribution in [2.75, 3.05) is 53.0 Å². The molecule has 1 amide bonds. The van der Waals surface area contributed by atoms with Crippen molar-refractivity contribution in [3.63, 3.8) is 0 Å². The molecule has 2 spiro atoms. The van der Waals surface area contributed by atoms with Crippen molar-refractivity contribution < 1.29 is 34.0 Å². The molecule has 3 unspecified atom stereocenters. The average molecular weight is 689 g/mol. The molecule has 49 heavy (non-hydrogen) atoms. The van der Waals surface area contributed by atoms with Crippen LogP contribution in [-0.4, -0.2) is 115 Å². The SMILES string of the molecule is CCO[C@@H](C1C[C@@H](C)[C@H]2C(O1)[C@H](O)[C@@]1(C)C3CC[C@H]4C(C)(C)[C@@H](OC(=O)N5CCN(CCOC)CC5)CC[C@@]45C[C@@]35CC[C@]21C)C(C)(C)O. The highest BCUT2D eigenvalue weighted by molar-refractivity contribution is 5.68. The summed E-state index contributed by atoms with van der Waals surface area (Å²) in [5, 5.41) is 23.7. The largest absolute Gasteiger partial charge is 0.446 e. The minimum Gasteiger partial charge on any atom is -0.446 e. The quantitative estimate of drug-likeness (QED) is 0.333. The van der Waals surface area contributed by atoms with Crippen LogP contribution in [0.3, 0.4) is 0 Å². The molecule has 7 aliphatic rings. The molecule has 0 radical (unpaired) electrons. The molecular weight excluding hydrogens is 620 g/mol. The van der Waals surface area contributed by atoms with Crippen LogP contribution in [0.1, 0.15) is 107 Å². The molecule has 13 atom stereocenters. The summed E-state index contributed by atoms with van der Waals surface area (Å²) >= 11 is 0. The smallest absolute Gasteiger partial charge is 0.410 e. The van der Waals surface area contributed by atoms with Crippen molar-refractivity contribution in [1.29, 1.82) is 0 Å². The molecule has 0 aromatic carbocycles. The zero-order chi connectivity index (χ0) is 35.4. The molecule has 0 bridgehead atoms. The van der Waals surface area contributed by atoms with Crippen LogP contribution in [0.2, 0.25) is 0 Å². The third-order valence-corrected chi connectivity index (χ3v) is 16.6. The lowest BCUT2D eigenvalue weighted by atomic mass is 9.41. The number of hydrogen-bond donors (Lipinski definition) is 2. The van der Waals surface area contributed by atoms with Gasteiger partial charge in [-0.2, -0.15) is 0 Å². The highest BCUT2D eigenvalue weighted by Gasteiger charge is 2.84. The summed E-state index contributed by atoms with van der Waals surface area (Å²) in [5.41, 5.74) is -0.870. The van der Waals surface area contributed by atoms with Gasteiger partial charge in [-0.1, -0.05) is 34.6 Å². The Labute approximate surface area is 296 Å². The van der Waals surface area contributed by atoms with Gasteiger partial charge in [0.25, 0.3) is 0 Å². The third kappa shape index (κ3) is 5.15. The highest BCUT2D eigenvalue weighted by atomic mass is 16.6. The Morgan fingerprint density at radius 2 is 1.67 bits per heavy atom. The second kappa shape index (κ2) is 12.3. The number of methoxy groups -OCH3 is 1. The van der Waals surface area contributed by atoms with Gasteiger partial charge in [-0.25, -0.2) is 4.79 Å². The Balaban J connectivity index is 1.08. The van der Waals surface area contributed by atoms with Crippen LogP contribution in [0.25, 0.3) is 0 Å². The van der Waals surface area contributed by atoms with E-state index in [4.69, 9.17) is 18.9 Å². The number of amides is 1. The van der Waals surface area contributed by atoms with Crippen LogP contribution in [0.15, 0.2) is 0 Å². The van der Waals surface area contributed by atoms with Crippen LogP contribution in [0, 0.1) is 50.7 Å². The fraction of sp³-hybridized carbons (Fsp3) is 0.975. The predicted molar refractivity (Wildman–Crippen MR) is 188 cm³/mol. The van der Waals surface area contributed by atoms with Gasteiger partial charge in [0.15, 0.2) is 0 Å². The molecule has 7 rings (SSSR count). The fourth-order valence-corrected chi connectivity index (χ4v) is 14.2. The molecule has 280 valence electrons. The Hall–Kier alpha value is -0.970. The summed E-state index contributed by atoms with van der Waals surface area (Å²) in [4.78, 5) is 17.8. The maximum atomic E-state index is 13.5. The van der Waals surface area contributed by atoms with E-state index >= 15 is 0 Å². The standard InChI is InChI=1S/C40H68N2O7/c1-10-47-33(36(5,6)45)26-23-25(2)30-31(48-26)32(43)38(8)28-12-11-27-35(3,4)29(13-14-39(27)24-40(28,39)16-15-37(30,38)7)49-34(44)42-19-17-41(18-20-42)21-22-46-9/h25-33,43,45H,10-24H2,1-9H3/t25-,26?,27+,28?,29+,30+,31?,32+,33+,37-,38-,39-,40+/m1/s1. The first-order valence-electron chi connectivity index (χ1n) is 19.9. The van der Waals surface area contributed by atoms with E-state index in [9.17, 15) is 15.0 Å². The zero-order valence-corrected chi connectivity index (χ0v) is 32.1. The molecule has 0 aromatic heterocycles. The summed E-state index contributed by atoms with van der Waals surface area (Å²) in [6, 6.07) is 0. The summed E-state index contributed by atoms with van der Waals surface area (Å²) in [7, 11) is 1.73. The zero-order valence-electron chi connectivity index (χ0n) is 32.1. The summed E-state index contributed by atoms with van der Waals surface area (Å²) in [6.07, 6.45) is 7.06. The monoisotopic (exact) mass is 689 g/mol. The number of nitrogens with zero attached hydrogens (tertiary/aromatic N) is 2. The number of fused-ring (bicyclic) bond motifs is 4. The minimum absolute atomic E-state index is 0.0142. The number of rotatable bonds is 8. The van der Waals surface area contributed by atoms with E-state index in [0.717, 1.165) is 64.8 Å². The van der Waals surface area contributed by atoms with Crippen LogP contribution < -0.4 is 0 Å². The van der Waals surface area contributed by atoms with Gasteiger partial charge >= 0.3 is 6.09 Å². The summed E-state index contributed by atoms with van der Waals surface area (Å²) < 4.78 is 24.8. The van der Waals surface area contributed by atoms with Crippen LogP contribution in [0.5, 0.6) is 0 Å². The maximum absolute atomic E-state index is 13.5. The number of piperazine rings is 1. The lowest BCUT2D eigenvalue weighted by Crippen LogP contribution is -2.60. The van der Waals surface area contributed by atoms with Gasteiger partial charge in [-0.15, -0.1) is 0 Å². The fourth-order valence-electron chi connectivity index (χ4n) is 14.2. The normalized spacial score (nSPS) is 48.0. The first-order chi connectivity index (χ1) is 23.0. The number of carbonyl (C=O) groups excluding carboxylic acids is 1. The lowest BCUT2D eigenvalue weighted by molar-refractivity contribution is -0.215. The highest BCUT2D eigenvalue weighted by Crippen LogP contribution is 2.89. The van der Waals surface area contributed by atoms with Gasteiger partial charge in [0.1, 0.15) is 12.2 Å². The van der Waals surface area contributed by atoms with E-state index in [2.05, 4.69) is 39.5 Å². The Kier molecular flexibility index (Phi) is 9.13. The number of ether oxygens (including phenoxy) is 4. The van der Waals surface area contributed by atoms with E-state index in [1.165, 1.54) is 12.8 Å². The Morgan fingerprint density at radius 3 is 2.33 bits per heavy atom. The molecule has 2 heterocycles.